The highest BCUT2D eigenvalue weighted by Crippen LogP contribution is 2.20. The summed E-state index contributed by atoms with van der Waals surface area (Å²) in [5.74, 6) is 1.90. The molecule has 1 saturated heterocycles. The first-order valence-electron chi connectivity index (χ1n) is 9.41. The third-order valence-corrected chi connectivity index (χ3v) is 4.84. The molecule has 3 rings (SSSR count). The van der Waals surface area contributed by atoms with Crippen molar-refractivity contribution in [1.82, 2.24) is 4.90 Å². The predicted octanol–water partition coefficient (Wildman–Crippen LogP) is 3.53. The quantitative estimate of drug-likeness (QED) is 0.714. The molecule has 0 N–H and O–H groups in total. The molecule has 144 valence electrons. The summed E-state index contributed by atoms with van der Waals surface area (Å²) in [7, 11) is 1.61. The van der Waals surface area contributed by atoms with Gasteiger partial charge in [0.15, 0.2) is 6.61 Å². The number of benzene rings is 2. The van der Waals surface area contributed by atoms with Crippen molar-refractivity contribution in [3.05, 3.63) is 60.2 Å². The maximum absolute atomic E-state index is 12.4. The van der Waals surface area contributed by atoms with E-state index in [0.29, 0.717) is 18.3 Å². The van der Waals surface area contributed by atoms with Gasteiger partial charge >= 0.3 is 0 Å². The zero-order valence-electron chi connectivity index (χ0n) is 15.8. The zero-order chi connectivity index (χ0) is 18.9. The molecule has 0 saturated carbocycles. The summed E-state index contributed by atoms with van der Waals surface area (Å²) in [6.07, 6.45) is 1.94. The van der Waals surface area contributed by atoms with Crippen LogP contribution in [0.3, 0.4) is 0 Å². The number of nitrogens with zero attached hydrogens (tertiary/aromatic N) is 1. The molecule has 0 unspecified atom stereocenters. The van der Waals surface area contributed by atoms with Crippen LogP contribution in [-0.4, -0.2) is 44.2 Å². The molecule has 1 aliphatic rings. The Hall–Kier alpha value is -2.53. The lowest BCUT2D eigenvalue weighted by Crippen LogP contribution is -2.41. The molecule has 1 fully saturated rings. The highest BCUT2D eigenvalue weighted by Gasteiger charge is 2.23. The smallest absolute Gasteiger partial charge is 0.260 e. The van der Waals surface area contributed by atoms with Gasteiger partial charge in [0.2, 0.25) is 0 Å². The topological polar surface area (TPSA) is 48.0 Å². The zero-order valence-corrected chi connectivity index (χ0v) is 15.8. The first-order chi connectivity index (χ1) is 13.2. The Labute approximate surface area is 160 Å². The van der Waals surface area contributed by atoms with E-state index in [1.54, 1.807) is 13.2 Å². The van der Waals surface area contributed by atoms with Crippen molar-refractivity contribution in [3.63, 3.8) is 0 Å². The van der Waals surface area contributed by atoms with Gasteiger partial charge in [-0.1, -0.05) is 36.4 Å². The lowest BCUT2D eigenvalue weighted by molar-refractivity contribution is -0.135. The van der Waals surface area contributed by atoms with E-state index >= 15 is 0 Å². The van der Waals surface area contributed by atoms with Gasteiger partial charge in [-0.05, 0) is 36.5 Å². The Kier molecular flexibility index (Phi) is 7.11. The minimum absolute atomic E-state index is 0.0291. The fourth-order valence-corrected chi connectivity index (χ4v) is 3.19. The minimum atomic E-state index is 0.0291. The van der Waals surface area contributed by atoms with Gasteiger partial charge in [0, 0.05) is 25.8 Å². The summed E-state index contributed by atoms with van der Waals surface area (Å²) in [6.45, 7) is 2.98. The van der Waals surface area contributed by atoms with Gasteiger partial charge in [-0.2, -0.15) is 0 Å². The molecule has 0 spiro atoms. The Morgan fingerprint density at radius 2 is 1.78 bits per heavy atom. The summed E-state index contributed by atoms with van der Waals surface area (Å²) in [6, 6.07) is 17.5. The first-order valence-corrected chi connectivity index (χ1v) is 9.41. The van der Waals surface area contributed by atoms with Gasteiger partial charge in [-0.25, -0.2) is 0 Å². The Balaban J connectivity index is 1.35. The number of likely N-dealkylation sites (tertiary alicyclic amines) is 1. The van der Waals surface area contributed by atoms with Crippen LogP contribution in [-0.2, 0) is 16.1 Å². The molecule has 0 aromatic heterocycles. The lowest BCUT2D eigenvalue weighted by Gasteiger charge is -2.31. The minimum Gasteiger partial charge on any atom is -0.497 e. The van der Waals surface area contributed by atoms with Crippen molar-refractivity contribution in [2.24, 2.45) is 5.92 Å². The van der Waals surface area contributed by atoms with Crippen molar-refractivity contribution >= 4 is 5.91 Å². The molecule has 5 nitrogen and oxygen atoms in total. The standard InChI is InChI=1S/C22H27NO4/c1-25-20-8-5-9-21(14-20)27-17-22(24)23-12-10-19(11-13-23)16-26-15-18-6-3-2-4-7-18/h2-9,14,19H,10-13,15-17H2,1H3. The monoisotopic (exact) mass is 369 g/mol. The number of hydrogen-bond donors (Lipinski definition) is 0. The molecule has 0 bridgehead atoms. The average molecular weight is 369 g/mol. The Morgan fingerprint density at radius 1 is 1.04 bits per heavy atom. The van der Waals surface area contributed by atoms with Gasteiger partial charge in [0.25, 0.3) is 5.91 Å². The van der Waals surface area contributed by atoms with Crippen LogP contribution >= 0.6 is 0 Å². The molecule has 1 heterocycles. The molecule has 2 aromatic carbocycles. The number of methoxy groups -OCH3 is 1. The number of ether oxygens (including phenoxy) is 3. The van der Waals surface area contributed by atoms with E-state index in [2.05, 4.69) is 12.1 Å². The third-order valence-electron chi connectivity index (χ3n) is 4.84. The first kappa shape index (κ1) is 19.2. The number of carbonyl (C=O) groups is 1. The largest absolute Gasteiger partial charge is 0.497 e. The maximum atomic E-state index is 12.4. The molecular formula is C22H27NO4. The van der Waals surface area contributed by atoms with Crippen LogP contribution in [0.25, 0.3) is 0 Å². The fraction of sp³-hybridized carbons (Fsp3) is 0.409. The number of amides is 1. The van der Waals surface area contributed by atoms with E-state index in [0.717, 1.165) is 38.3 Å². The second-order valence-electron chi connectivity index (χ2n) is 6.79. The van der Waals surface area contributed by atoms with Crippen molar-refractivity contribution in [2.75, 3.05) is 33.4 Å². The SMILES string of the molecule is COc1cccc(OCC(=O)N2CCC(COCc3ccccc3)CC2)c1. The summed E-state index contributed by atoms with van der Waals surface area (Å²) in [4.78, 5) is 14.3. The van der Waals surface area contributed by atoms with Crippen molar-refractivity contribution in [1.29, 1.82) is 0 Å². The highest BCUT2D eigenvalue weighted by molar-refractivity contribution is 5.77. The summed E-state index contributed by atoms with van der Waals surface area (Å²) in [5, 5.41) is 0. The van der Waals surface area contributed by atoms with Crippen LogP contribution in [0.2, 0.25) is 0 Å². The van der Waals surface area contributed by atoms with E-state index in [1.807, 2.05) is 41.3 Å². The van der Waals surface area contributed by atoms with Crippen LogP contribution in [0.5, 0.6) is 11.5 Å². The predicted molar refractivity (Wildman–Crippen MR) is 104 cm³/mol. The van der Waals surface area contributed by atoms with Gasteiger partial charge in [-0.3, -0.25) is 4.79 Å². The number of rotatable bonds is 8. The maximum Gasteiger partial charge on any atom is 0.260 e. The van der Waals surface area contributed by atoms with E-state index in [1.165, 1.54) is 5.56 Å². The van der Waals surface area contributed by atoms with Gasteiger partial charge in [0.05, 0.1) is 13.7 Å². The summed E-state index contributed by atoms with van der Waals surface area (Å²) >= 11 is 0. The number of piperidine rings is 1. The Bertz CT molecular complexity index is 711. The summed E-state index contributed by atoms with van der Waals surface area (Å²) in [5.41, 5.74) is 1.19. The fourth-order valence-electron chi connectivity index (χ4n) is 3.19. The van der Waals surface area contributed by atoms with Crippen LogP contribution in [0, 0.1) is 5.92 Å². The second kappa shape index (κ2) is 9.97. The Morgan fingerprint density at radius 3 is 2.52 bits per heavy atom. The van der Waals surface area contributed by atoms with Crippen LogP contribution in [0.1, 0.15) is 18.4 Å². The molecule has 0 radical (unpaired) electrons. The molecule has 1 amide bonds. The lowest BCUT2D eigenvalue weighted by atomic mass is 9.98. The van der Waals surface area contributed by atoms with Crippen molar-refractivity contribution in [2.45, 2.75) is 19.4 Å². The molecule has 2 aromatic rings. The molecule has 5 heteroatoms. The van der Waals surface area contributed by atoms with Crippen LogP contribution in [0.15, 0.2) is 54.6 Å². The van der Waals surface area contributed by atoms with Crippen LogP contribution < -0.4 is 9.47 Å². The second-order valence-corrected chi connectivity index (χ2v) is 6.79. The molecular weight excluding hydrogens is 342 g/mol. The number of carbonyl (C=O) groups excluding carboxylic acids is 1. The average Bonchev–Trinajstić information content (AvgIpc) is 2.73. The van der Waals surface area contributed by atoms with Gasteiger partial charge < -0.3 is 19.1 Å². The van der Waals surface area contributed by atoms with Gasteiger partial charge in [0.1, 0.15) is 11.5 Å². The van der Waals surface area contributed by atoms with E-state index in [4.69, 9.17) is 14.2 Å². The molecule has 27 heavy (non-hydrogen) atoms. The summed E-state index contributed by atoms with van der Waals surface area (Å²) < 4.78 is 16.6. The molecule has 0 atom stereocenters. The number of hydrogen-bond acceptors (Lipinski definition) is 4. The third kappa shape index (κ3) is 6.00. The van der Waals surface area contributed by atoms with Gasteiger partial charge in [-0.15, -0.1) is 0 Å². The molecule has 0 aliphatic carbocycles. The normalized spacial score (nSPS) is 14.8. The van der Waals surface area contributed by atoms with E-state index in [9.17, 15) is 4.79 Å². The van der Waals surface area contributed by atoms with E-state index < -0.39 is 0 Å². The van der Waals surface area contributed by atoms with E-state index in [-0.39, 0.29) is 12.5 Å². The molecule has 1 aliphatic heterocycles. The van der Waals surface area contributed by atoms with Crippen LogP contribution in [0.4, 0.5) is 0 Å². The highest BCUT2D eigenvalue weighted by atomic mass is 16.5. The van der Waals surface area contributed by atoms with Crippen molar-refractivity contribution in [3.8, 4) is 11.5 Å². The van der Waals surface area contributed by atoms with Crippen molar-refractivity contribution < 1.29 is 19.0 Å².